The molecule has 0 aromatic carbocycles. The molecule has 2 rings (SSSR count). The summed E-state index contributed by atoms with van der Waals surface area (Å²) < 4.78 is 38.3. The number of nitrogens with one attached hydrogen (secondary N) is 1. The van der Waals surface area contributed by atoms with Gasteiger partial charge in [0.25, 0.3) is 0 Å². The molecule has 1 saturated heterocycles. The Balaban J connectivity index is 0.000000516. The van der Waals surface area contributed by atoms with Gasteiger partial charge in [0.2, 0.25) is 0 Å². The van der Waals surface area contributed by atoms with E-state index in [0.29, 0.717) is 6.61 Å². The monoisotopic (exact) mass is 437 g/mol. The number of aromatic nitrogens is 2. The minimum atomic E-state index is -5.08. The highest BCUT2D eigenvalue weighted by atomic mass is 32.2. The predicted octanol–water partition coefficient (Wildman–Crippen LogP) is 2.10. The zero-order chi connectivity index (χ0) is 22.0. The number of esters is 1. The third-order valence-corrected chi connectivity index (χ3v) is 4.70. The van der Waals surface area contributed by atoms with Crippen molar-refractivity contribution < 1.29 is 37.4 Å². The summed E-state index contributed by atoms with van der Waals surface area (Å²) in [4.78, 5) is 31.9. The second kappa shape index (κ2) is 11.6. The number of carboxylic acid groups (broad SMARTS) is 1. The number of alkyl halides is 3. The number of carboxylic acids is 1. The summed E-state index contributed by atoms with van der Waals surface area (Å²) >= 11 is 1.36. The Morgan fingerprint density at radius 3 is 2.66 bits per heavy atom. The molecule has 2 heterocycles. The molecule has 8 nitrogen and oxygen atoms in total. The molecule has 0 aliphatic carbocycles. The van der Waals surface area contributed by atoms with Crippen LogP contribution in [0.5, 0.6) is 0 Å². The van der Waals surface area contributed by atoms with Crippen LogP contribution in [0.15, 0.2) is 17.8 Å². The molecule has 12 heteroatoms. The average Bonchev–Trinajstić information content (AvgIpc) is 3.03. The Kier molecular flexibility index (Phi) is 9.89. The van der Waals surface area contributed by atoms with Crippen molar-refractivity contribution in [2.75, 3.05) is 19.7 Å². The molecule has 29 heavy (non-hydrogen) atoms. The highest BCUT2D eigenvalue weighted by Crippen LogP contribution is 2.27. The Labute approximate surface area is 169 Å². The lowest BCUT2D eigenvalue weighted by Gasteiger charge is -2.25. The van der Waals surface area contributed by atoms with Crippen LogP contribution in [0.4, 0.5) is 13.2 Å². The van der Waals surface area contributed by atoms with Crippen molar-refractivity contribution in [3.63, 3.8) is 0 Å². The number of piperidine rings is 1. The van der Waals surface area contributed by atoms with Crippen molar-refractivity contribution in [3.05, 3.63) is 23.5 Å². The number of ether oxygens (including phenoxy) is 1. The van der Waals surface area contributed by atoms with E-state index in [9.17, 15) is 22.8 Å². The van der Waals surface area contributed by atoms with Crippen LogP contribution < -0.4 is 5.32 Å². The SMILES string of the molecule is CCOC(=O)Cn1nccc1/C=C1\CNCCC1SC(C)=O.O=C(O)C(F)(F)F. The third kappa shape index (κ3) is 9.13. The summed E-state index contributed by atoms with van der Waals surface area (Å²) in [6.45, 7) is 5.48. The van der Waals surface area contributed by atoms with Gasteiger partial charge in [-0.1, -0.05) is 11.8 Å². The van der Waals surface area contributed by atoms with Crippen molar-refractivity contribution in [2.45, 2.75) is 38.2 Å². The number of hydrogen-bond donors (Lipinski definition) is 2. The molecular formula is C17H22F3N3O5S. The van der Waals surface area contributed by atoms with Crippen LogP contribution in [0, 0.1) is 0 Å². The van der Waals surface area contributed by atoms with Crippen LogP contribution in [0.2, 0.25) is 0 Å². The van der Waals surface area contributed by atoms with Gasteiger partial charge in [0.15, 0.2) is 5.12 Å². The number of rotatable bonds is 5. The molecule has 1 aliphatic heterocycles. The maximum Gasteiger partial charge on any atom is 0.490 e. The Hall–Kier alpha value is -2.34. The standard InChI is InChI=1S/C15H21N3O3S.C2HF3O2/c1-3-21-15(20)10-18-13(4-7-17-18)8-12-9-16-6-5-14(12)22-11(2)19;3-2(4,5)1(6)7/h4,7-8,14,16H,3,5-6,9-10H2,1-2H3;(H,6,7)/b12-8+;. The lowest BCUT2D eigenvalue weighted by Crippen LogP contribution is -2.32. The van der Waals surface area contributed by atoms with Gasteiger partial charge in [-0.2, -0.15) is 18.3 Å². The summed E-state index contributed by atoms with van der Waals surface area (Å²) in [5.41, 5.74) is 2.00. The fourth-order valence-corrected chi connectivity index (χ4v) is 3.30. The fraction of sp³-hybridized carbons (Fsp3) is 0.529. The second-order valence-electron chi connectivity index (χ2n) is 5.80. The normalized spacial score (nSPS) is 18.0. The van der Waals surface area contributed by atoms with Gasteiger partial charge in [-0.05, 0) is 37.6 Å². The van der Waals surface area contributed by atoms with Crippen molar-refractivity contribution in [1.82, 2.24) is 15.1 Å². The van der Waals surface area contributed by atoms with Crippen molar-refractivity contribution >= 4 is 34.9 Å². The van der Waals surface area contributed by atoms with E-state index in [4.69, 9.17) is 14.6 Å². The first kappa shape index (κ1) is 24.7. The molecule has 0 saturated carbocycles. The highest BCUT2D eigenvalue weighted by molar-refractivity contribution is 8.14. The van der Waals surface area contributed by atoms with Gasteiger partial charge in [-0.15, -0.1) is 0 Å². The average molecular weight is 437 g/mol. The molecule has 1 fully saturated rings. The summed E-state index contributed by atoms with van der Waals surface area (Å²) in [5.74, 6) is -3.06. The highest BCUT2D eigenvalue weighted by Gasteiger charge is 2.38. The molecule has 0 radical (unpaired) electrons. The molecule has 0 amide bonds. The molecule has 0 spiro atoms. The van der Waals surface area contributed by atoms with Gasteiger partial charge in [0.05, 0.1) is 12.3 Å². The zero-order valence-corrected chi connectivity index (χ0v) is 16.7. The molecule has 1 unspecified atom stereocenters. The number of carbonyl (C=O) groups is 3. The van der Waals surface area contributed by atoms with Crippen LogP contribution in [0.25, 0.3) is 6.08 Å². The molecule has 1 aromatic rings. The first-order valence-electron chi connectivity index (χ1n) is 8.60. The van der Waals surface area contributed by atoms with Crippen LogP contribution in [0.3, 0.4) is 0 Å². The number of carbonyl (C=O) groups excluding carboxylic acids is 2. The van der Waals surface area contributed by atoms with E-state index in [1.165, 1.54) is 11.8 Å². The summed E-state index contributed by atoms with van der Waals surface area (Å²) in [7, 11) is 0. The van der Waals surface area contributed by atoms with Crippen molar-refractivity contribution in [2.24, 2.45) is 0 Å². The van der Waals surface area contributed by atoms with Crippen molar-refractivity contribution in [1.29, 1.82) is 0 Å². The van der Waals surface area contributed by atoms with E-state index in [1.54, 1.807) is 24.7 Å². The molecular weight excluding hydrogens is 415 g/mol. The van der Waals surface area contributed by atoms with E-state index < -0.39 is 12.1 Å². The molecule has 1 aliphatic rings. The molecule has 1 aromatic heterocycles. The minimum absolute atomic E-state index is 0.0951. The number of thioether (sulfide) groups is 1. The lowest BCUT2D eigenvalue weighted by molar-refractivity contribution is -0.192. The van der Waals surface area contributed by atoms with E-state index in [1.807, 2.05) is 12.1 Å². The zero-order valence-electron chi connectivity index (χ0n) is 15.9. The van der Waals surface area contributed by atoms with Gasteiger partial charge in [0.1, 0.15) is 6.54 Å². The van der Waals surface area contributed by atoms with Gasteiger partial charge in [-0.3, -0.25) is 14.3 Å². The number of hydrogen-bond acceptors (Lipinski definition) is 7. The topological polar surface area (TPSA) is 111 Å². The lowest BCUT2D eigenvalue weighted by atomic mass is 10.0. The second-order valence-corrected chi connectivity index (χ2v) is 7.18. The van der Waals surface area contributed by atoms with E-state index in [0.717, 1.165) is 30.8 Å². The fourth-order valence-electron chi connectivity index (χ4n) is 2.36. The predicted molar refractivity (Wildman–Crippen MR) is 100 cm³/mol. The number of nitrogens with zero attached hydrogens (tertiary/aromatic N) is 2. The quantitative estimate of drug-likeness (QED) is 0.674. The molecule has 2 N–H and O–H groups in total. The van der Waals surface area contributed by atoms with Gasteiger partial charge < -0.3 is 15.2 Å². The van der Waals surface area contributed by atoms with E-state index in [-0.39, 0.29) is 22.9 Å². The summed E-state index contributed by atoms with van der Waals surface area (Å²) in [5, 5.41) is 14.9. The summed E-state index contributed by atoms with van der Waals surface area (Å²) in [6, 6.07) is 1.86. The number of aliphatic carboxylic acids is 1. The largest absolute Gasteiger partial charge is 0.490 e. The van der Waals surface area contributed by atoms with Crippen LogP contribution in [-0.4, -0.2) is 63.1 Å². The van der Waals surface area contributed by atoms with Gasteiger partial charge in [0, 0.05) is 24.9 Å². The first-order chi connectivity index (χ1) is 13.5. The maximum atomic E-state index is 11.6. The van der Waals surface area contributed by atoms with Crippen LogP contribution in [0.1, 0.15) is 26.0 Å². The Bertz CT molecular complexity index is 749. The van der Waals surface area contributed by atoms with Crippen LogP contribution in [-0.2, 0) is 25.7 Å². The molecule has 1 atom stereocenters. The third-order valence-electron chi connectivity index (χ3n) is 3.54. The molecule has 0 bridgehead atoms. The van der Waals surface area contributed by atoms with E-state index in [2.05, 4.69) is 10.4 Å². The van der Waals surface area contributed by atoms with Crippen LogP contribution >= 0.6 is 11.8 Å². The van der Waals surface area contributed by atoms with Gasteiger partial charge >= 0.3 is 18.1 Å². The first-order valence-corrected chi connectivity index (χ1v) is 9.48. The van der Waals surface area contributed by atoms with Crippen molar-refractivity contribution in [3.8, 4) is 0 Å². The number of halogens is 3. The van der Waals surface area contributed by atoms with E-state index >= 15 is 0 Å². The minimum Gasteiger partial charge on any atom is -0.475 e. The summed E-state index contributed by atoms with van der Waals surface area (Å²) in [6.07, 6.45) is -0.490. The Morgan fingerprint density at radius 1 is 1.45 bits per heavy atom. The van der Waals surface area contributed by atoms with Gasteiger partial charge in [-0.25, -0.2) is 4.79 Å². The molecule has 162 valence electrons. The smallest absolute Gasteiger partial charge is 0.475 e. The Morgan fingerprint density at radius 2 is 2.10 bits per heavy atom. The maximum absolute atomic E-state index is 11.6.